The summed E-state index contributed by atoms with van der Waals surface area (Å²) in [6.45, 7) is 1.37. The molecule has 0 bridgehead atoms. The fourth-order valence-corrected chi connectivity index (χ4v) is 1.34. The molecule has 0 unspecified atom stereocenters. The van der Waals surface area contributed by atoms with Crippen LogP contribution in [0, 0.1) is 0 Å². The van der Waals surface area contributed by atoms with Crippen LogP contribution < -0.4 is 11.1 Å². The van der Waals surface area contributed by atoms with Gasteiger partial charge in [-0.3, -0.25) is 4.79 Å². The summed E-state index contributed by atoms with van der Waals surface area (Å²) in [5, 5.41) is 3.20. The van der Waals surface area contributed by atoms with Crippen LogP contribution >= 0.6 is 0 Å². The van der Waals surface area contributed by atoms with E-state index in [9.17, 15) is 4.79 Å². The zero-order valence-electron chi connectivity index (χ0n) is 9.86. The van der Waals surface area contributed by atoms with Crippen molar-refractivity contribution in [1.29, 1.82) is 0 Å². The average Bonchev–Trinajstić information content (AvgIpc) is 2.26. The summed E-state index contributed by atoms with van der Waals surface area (Å²) < 4.78 is 0. The third-order valence-electron chi connectivity index (χ3n) is 2.38. The Kier molecular flexibility index (Phi) is 4.79. The van der Waals surface area contributed by atoms with E-state index in [4.69, 9.17) is 5.73 Å². The molecule has 1 amide bonds. The quantitative estimate of drug-likeness (QED) is 0.572. The number of anilines is 1. The van der Waals surface area contributed by atoms with Crippen LogP contribution in [0.4, 0.5) is 5.69 Å². The molecule has 0 atom stereocenters. The van der Waals surface area contributed by atoms with Gasteiger partial charge in [0.05, 0.1) is 0 Å². The monoisotopic (exact) mass is 221 g/mol. The summed E-state index contributed by atoms with van der Waals surface area (Å²) in [5.74, 6) is 0.133. The lowest BCUT2D eigenvalue weighted by Gasteiger charge is -2.11. The van der Waals surface area contributed by atoms with Crippen molar-refractivity contribution in [3.8, 4) is 0 Å². The van der Waals surface area contributed by atoms with Crippen molar-refractivity contribution in [2.24, 2.45) is 0 Å². The number of hydrogen-bond acceptors (Lipinski definition) is 3. The number of nitrogen functional groups attached to an aromatic ring is 1. The topological polar surface area (TPSA) is 58.4 Å². The number of para-hydroxylation sites is 1. The first-order valence-electron chi connectivity index (χ1n) is 5.35. The lowest BCUT2D eigenvalue weighted by Crippen LogP contribution is -2.26. The van der Waals surface area contributed by atoms with Crippen LogP contribution in [0.3, 0.4) is 0 Å². The average molecular weight is 221 g/mol. The molecule has 0 saturated carbocycles. The second-order valence-corrected chi connectivity index (χ2v) is 3.91. The lowest BCUT2D eigenvalue weighted by atomic mass is 10.2. The summed E-state index contributed by atoms with van der Waals surface area (Å²) >= 11 is 0. The number of benzene rings is 1. The van der Waals surface area contributed by atoms with Crippen molar-refractivity contribution in [2.75, 3.05) is 26.4 Å². The van der Waals surface area contributed by atoms with Crippen LogP contribution in [0.1, 0.15) is 12.0 Å². The summed E-state index contributed by atoms with van der Waals surface area (Å²) in [7, 11) is 3.52. The molecule has 4 nitrogen and oxygen atoms in total. The number of carbonyl (C=O) groups excluding carboxylic acids is 1. The summed E-state index contributed by atoms with van der Waals surface area (Å²) in [4.78, 5) is 12.9. The van der Waals surface area contributed by atoms with Crippen molar-refractivity contribution < 1.29 is 4.79 Å². The number of nitrogens with two attached hydrogens (primary N) is 1. The maximum Gasteiger partial charge on any atom is 0.223 e. The predicted octanol–water partition coefficient (Wildman–Crippen LogP) is 0.837. The van der Waals surface area contributed by atoms with Gasteiger partial charge in [-0.25, -0.2) is 0 Å². The molecule has 0 aliphatic rings. The van der Waals surface area contributed by atoms with Gasteiger partial charge < -0.3 is 16.0 Å². The SMILES string of the molecule is CN(C)C(=O)CCNCc1ccccc1N. The lowest BCUT2D eigenvalue weighted by molar-refractivity contribution is -0.128. The Bertz CT molecular complexity index is 350. The molecule has 0 saturated heterocycles. The van der Waals surface area contributed by atoms with Crippen molar-refractivity contribution in [1.82, 2.24) is 10.2 Å². The second-order valence-electron chi connectivity index (χ2n) is 3.91. The fourth-order valence-electron chi connectivity index (χ4n) is 1.34. The van der Waals surface area contributed by atoms with E-state index in [0.717, 1.165) is 11.3 Å². The zero-order valence-corrected chi connectivity index (χ0v) is 9.86. The molecule has 88 valence electrons. The molecular weight excluding hydrogens is 202 g/mol. The largest absolute Gasteiger partial charge is 0.398 e. The number of nitrogens with one attached hydrogen (secondary N) is 1. The minimum absolute atomic E-state index is 0.133. The number of hydrogen-bond donors (Lipinski definition) is 2. The van der Waals surface area contributed by atoms with E-state index in [0.29, 0.717) is 19.5 Å². The second kappa shape index (κ2) is 6.12. The molecule has 0 spiro atoms. The van der Waals surface area contributed by atoms with E-state index in [1.54, 1.807) is 19.0 Å². The van der Waals surface area contributed by atoms with E-state index >= 15 is 0 Å². The maximum atomic E-state index is 11.3. The molecule has 1 aromatic rings. The molecule has 0 aliphatic carbocycles. The third-order valence-corrected chi connectivity index (χ3v) is 2.38. The van der Waals surface area contributed by atoms with Crippen molar-refractivity contribution in [3.63, 3.8) is 0 Å². The minimum Gasteiger partial charge on any atom is -0.398 e. The number of nitrogens with zero attached hydrogens (tertiary/aromatic N) is 1. The predicted molar refractivity (Wildman–Crippen MR) is 65.9 cm³/mol. The van der Waals surface area contributed by atoms with Gasteiger partial charge in [0, 0.05) is 39.3 Å². The van der Waals surface area contributed by atoms with Gasteiger partial charge in [-0.2, -0.15) is 0 Å². The van der Waals surface area contributed by atoms with Gasteiger partial charge in [-0.05, 0) is 11.6 Å². The van der Waals surface area contributed by atoms with E-state index in [1.807, 2.05) is 24.3 Å². The van der Waals surface area contributed by atoms with E-state index in [2.05, 4.69) is 5.32 Å². The first-order chi connectivity index (χ1) is 7.61. The van der Waals surface area contributed by atoms with Crippen LogP contribution in [0.5, 0.6) is 0 Å². The van der Waals surface area contributed by atoms with E-state index in [1.165, 1.54) is 0 Å². The van der Waals surface area contributed by atoms with E-state index in [-0.39, 0.29) is 5.91 Å². The molecule has 1 rings (SSSR count). The van der Waals surface area contributed by atoms with Crippen LogP contribution in [0.25, 0.3) is 0 Å². The van der Waals surface area contributed by atoms with E-state index < -0.39 is 0 Å². The Hall–Kier alpha value is -1.55. The van der Waals surface area contributed by atoms with Crippen molar-refractivity contribution >= 4 is 11.6 Å². The molecule has 4 heteroatoms. The molecule has 1 aromatic carbocycles. The molecule has 0 aromatic heterocycles. The molecule has 0 radical (unpaired) electrons. The van der Waals surface area contributed by atoms with Gasteiger partial charge in [0.25, 0.3) is 0 Å². The Balaban J connectivity index is 2.26. The van der Waals surface area contributed by atoms with Crippen LogP contribution in [-0.4, -0.2) is 31.4 Å². The minimum atomic E-state index is 0.133. The van der Waals surface area contributed by atoms with Gasteiger partial charge in [0.2, 0.25) is 5.91 Å². The van der Waals surface area contributed by atoms with Crippen LogP contribution in [-0.2, 0) is 11.3 Å². The van der Waals surface area contributed by atoms with Crippen LogP contribution in [0.15, 0.2) is 24.3 Å². The molecule has 3 N–H and O–H groups in total. The zero-order chi connectivity index (χ0) is 12.0. The summed E-state index contributed by atoms with van der Waals surface area (Å²) in [6, 6.07) is 7.73. The standard InChI is InChI=1S/C12H19N3O/c1-15(2)12(16)7-8-14-9-10-5-3-4-6-11(10)13/h3-6,14H,7-9,13H2,1-2H3. The Morgan fingerprint density at radius 1 is 1.38 bits per heavy atom. The highest BCUT2D eigenvalue weighted by Crippen LogP contribution is 2.09. The smallest absolute Gasteiger partial charge is 0.223 e. The molecule has 0 fully saturated rings. The molecule has 16 heavy (non-hydrogen) atoms. The van der Waals surface area contributed by atoms with Gasteiger partial charge in [-0.15, -0.1) is 0 Å². The number of amides is 1. The van der Waals surface area contributed by atoms with Gasteiger partial charge in [-0.1, -0.05) is 18.2 Å². The highest BCUT2D eigenvalue weighted by molar-refractivity contribution is 5.75. The Morgan fingerprint density at radius 3 is 2.69 bits per heavy atom. The fraction of sp³-hybridized carbons (Fsp3) is 0.417. The summed E-state index contributed by atoms with van der Waals surface area (Å²) in [5.41, 5.74) is 7.65. The Morgan fingerprint density at radius 2 is 2.06 bits per heavy atom. The summed E-state index contributed by atoms with van der Waals surface area (Å²) in [6.07, 6.45) is 0.514. The normalized spacial score (nSPS) is 10.1. The van der Waals surface area contributed by atoms with Crippen molar-refractivity contribution in [3.05, 3.63) is 29.8 Å². The van der Waals surface area contributed by atoms with Gasteiger partial charge >= 0.3 is 0 Å². The molecule has 0 heterocycles. The van der Waals surface area contributed by atoms with Crippen molar-refractivity contribution in [2.45, 2.75) is 13.0 Å². The van der Waals surface area contributed by atoms with Gasteiger partial charge in [0.15, 0.2) is 0 Å². The molecule has 0 aliphatic heterocycles. The maximum absolute atomic E-state index is 11.3. The number of rotatable bonds is 5. The highest BCUT2D eigenvalue weighted by Gasteiger charge is 2.03. The highest BCUT2D eigenvalue weighted by atomic mass is 16.2. The number of carbonyl (C=O) groups is 1. The van der Waals surface area contributed by atoms with Crippen LogP contribution in [0.2, 0.25) is 0 Å². The Labute approximate surface area is 96.4 Å². The third kappa shape index (κ3) is 3.90. The first kappa shape index (κ1) is 12.5. The molecular formula is C12H19N3O. The first-order valence-corrected chi connectivity index (χ1v) is 5.35. The van der Waals surface area contributed by atoms with Gasteiger partial charge in [0.1, 0.15) is 0 Å².